The predicted molar refractivity (Wildman–Crippen MR) is 74.9 cm³/mol. The molecule has 1 aromatic carbocycles. The summed E-state index contributed by atoms with van der Waals surface area (Å²) in [6, 6.07) is 10.9. The Morgan fingerprint density at radius 2 is 2.00 bits per heavy atom. The predicted octanol–water partition coefficient (Wildman–Crippen LogP) is 2.48. The highest BCUT2D eigenvalue weighted by Gasteiger charge is 2.05. The Morgan fingerprint density at radius 1 is 1.28 bits per heavy atom. The Bertz CT molecular complexity index is 558. The molecule has 2 rings (SSSR count). The highest BCUT2D eigenvalue weighted by Crippen LogP contribution is 2.09. The van der Waals surface area contributed by atoms with Gasteiger partial charge in [-0.2, -0.15) is 5.10 Å². The first-order chi connectivity index (χ1) is 8.66. The van der Waals surface area contributed by atoms with Gasteiger partial charge in [-0.3, -0.25) is 4.79 Å². The molecule has 0 unspecified atom stereocenters. The zero-order valence-electron chi connectivity index (χ0n) is 9.88. The summed E-state index contributed by atoms with van der Waals surface area (Å²) >= 11 is 1.38. The Labute approximate surface area is 109 Å². The van der Waals surface area contributed by atoms with Crippen LogP contribution in [-0.2, 0) is 0 Å². The number of hydrazone groups is 1. The maximum atomic E-state index is 11.7. The Hall–Kier alpha value is -2.14. The second-order valence-electron chi connectivity index (χ2n) is 3.74. The van der Waals surface area contributed by atoms with Crippen molar-refractivity contribution in [3.05, 3.63) is 52.2 Å². The number of anilines is 1. The molecule has 0 saturated heterocycles. The van der Waals surface area contributed by atoms with E-state index < -0.39 is 0 Å². The molecule has 2 aromatic rings. The number of nitrogens with zero attached hydrogens (tertiary/aromatic N) is 1. The fourth-order valence-electron chi connectivity index (χ4n) is 1.39. The number of rotatable bonds is 3. The SMILES string of the molecule is CC(=NNC(=O)c1cccs1)c1ccc(N)cc1. The van der Waals surface area contributed by atoms with Crippen molar-refractivity contribution in [2.45, 2.75) is 6.92 Å². The van der Waals surface area contributed by atoms with Crippen molar-refractivity contribution in [2.75, 3.05) is 5.73 Å². The topological polar surface area (TPSA) is 67.5 Å². The van der Waals surface area contributed by atoms with Gasteiger partial charge in [-0.15, -0.1) is 11.3 Å². The Morgan fingerprint density at radius 3 is 2.61 bits per heavy atom. The molecule has 0 spiro atoms. The van der Waals surface area contributed by atoms with Crippen LogP contribution in [-0.4, -0.2) is 11.6 Å². The van der Waals surface area contributed by atoms with E-state index in [-0.39, 0.29) is 5.91 Å². The number of thiophene rings is 1. The van der Waals surface area contributed by atoms with Gasteiger partial charge < -0.3 is 5.73 Å². The summed E-state index contributed by atoms with van der Waals surface area (Å²) in [5, 5.41) is 5.92. The molecule has 0 bridgehead atoms. The quantitative estimate of drug-likeness (QED) is 0.505. The number of hydrogen-bond acceptors (Lipinski definition) is 4. The van der Waals surface area contributed by atoms with Crippen LogP contribution in [0.25, 0.3) is 0 Å². The van der Waals surface area contributed by atoms with E-state index in [9.17, 15) is 4.79 Å². The molecule has 3 N–H and O–H groups in total. The summed E-state index contributed by atoms with van der Waals surface area (Å²) in [4.78, 5) is 12.3. The van der Waals surface area contributed by atoms with Crippen molar-refractivity contribution in [2.24, 2.45) is 5.10 Å². The van der Waals surface area contributed by atoms with Crippen LogP contribution in [0.1, 0.15) is 22.2 Å². The molecule has 18 heavy (non-hydrogen) atoms. The molecule has 4 nitrogen and oxygen atoms in total. The molecule has 0 fully saturated rings. The van der Waals surface area contributed by atoms with Crippen LogP contribution in [0.2, 0.25) is 0 Å². The number of carbonyl (C=O) groups is 1. The minimum atomic E-state index is -0.195. The first-order valence-electron chi connectivity index (χ1n) is 5.41. The number of amides is 1. The normalized spacial score (nSPS) is 11.3. The molecular weight excluding hydrogens is 246 g/mol. The molecule has 0 saturated carbocycles. The summed E-state index contributed by atoms with van der Waals surface area (Å²) in [5.74, 6) is -0.195. The number of benzene rings is 1. The van der Waals surface area contributed by atoms with E-state index >= 15 is 0 Å². The molecule has 1 aromatic heterocycles. The van der Waals surface area contributed by atoms with Crippen LogP contribution in [0.15, 0.2) is 46.9 Å². The van der Waals surface area contributed by atoms with Crippen molar-refractivity contribution in [1.82, 2.24) is 5.43 Å². The number of nitrogens with one attached hydrogen (secondary N) is 1. The van der Waals surface area contributed by atoms with E-state index in [0.717, 1.165) is 11.3 Å². The highest BCUT2D eigenvalue weighted by molar-refractivity contribution is 7.12. The minimum Gasteiger partial charge on any atom is -0.399 e. The summed E-state index contributed by atoms with van der Waals surface area (Å²) in [7, 11) is 0. The van der Waals surface area contributed by atoms with Gasteiger partial charge in [0.15, 0.2) is 0 Å². The molecule has 0 atom stereocenters. The van der Waals surface area contributed by atoms with Gasteiger partial charge in [-0.25, -0.2) is 5.43 Å². The fraction of sp³-hybridized carbons (Fsp3) is 0.0769. The van der Waals surface area contributed by atoms with Crippen molar-refractivity contribution in [3.8, 4) is 0 Å². The zero-order chi connectivity index (χ0) is 13.0. The molecule has 0 aliphatic rings. The molecule has 1 amide bonds. The van der Waals surface area contributed by atoms with E-state index in [1.165, 1.54) is 11.3 Å². The summed E-state index contributed by atoms with van der Waals surface area (Å²) in [5.41, 5.74) is 10.5. The molecule has 0 radical (unpaired) electrons. The smallest absolute Gasteiger partial charge is 0.281 e. The van der Waals surface area contributed by atoms with Gasteiger partial charge in [0.25, 0.3) is 5.91 Å². The lowest BCUT2D eigenvalue weighted by Gasteiger charge is -2.02. The van der Waals surface area contributed by atoms with Crippen LogP contribution in [0.5, 0.6) is 0 Å². The highest BCUT2D eigenvalue weighted by atomic mass is 32.1. The largest absolute Gasteiger partial charge is 0.399 e. The lowest BCUT2D eigenvalue weighted by Crippen LogP contribution is -2.18. The van der Waals surface area contributed by atoms with E-state index in [0.29, 0.717) is 10.6 Å². The standard InChI is InChI=1S/C13H13N3OS/c1-9(10-4-6-11(14)7-5-10)15-16-13(17)12-3-2-8-18-12/h2-8H,14H2,1H3,(H,16,17). The zero-order valence-corrected chi connectivity index (χ0v) is 10.7. The second-order valence-corrected chi connectivity index (χ2v) is 4.69. The maximum absolute atomic E-state index is 11.7. The lowest BCUT2D eigenvalue weighted by molar-refractivity contribution is 0.0959. The van der Waals surface area contributed by atoms with Crippen molar-refractivity contribution < 1.29 is 4.79 Å². The summed E-state index contributed by atoms with van der Waals surface area (Å²) in [6.45, 7) is 1.83. The number of hydrogen-bond donors (Lipinski definition) is 2. The third-order valence-corrected chi connectivity index (χ3v) is 3.27. The first-order valence-corrected chi connectivity index (χ1v) is 6.29. The average molecular weight is 259 g/mol. The summed E-state index contributed by atoms with van der Waals surface area (Å²) < 4.78 is 0. The Kier molecular flexibility index (Phi) is 3.74. The van der Waals surface area contributed by atoms with E-state index in [4.69, 9.17) is 5.73 Å². The molecule has 0 aliphatic heterocycles. The van der Waals surface area contributed by atoms with Crippen LogP contribution < -0.4 is 11.2 Å². The molecule has 5 heteroatoms. The van der Waals surface area contributed by atoms with Gasteiger partial charge >= 0.3 is 0 Å². The fourth-order valence-corrected chi connectivity index (χ4v) is 2.00. The number of carbonyl (C=O) groups excluding carboxylic acids is 1. The van der Waals surface area contributed by atoms with E-state index in [1.807, 2.05) is 30.5 Å². The minimum absolute atomic E-state index is 0.195. The van der Waals surface area contributed by atoms with Crippen LogP contribution in [0.3, 0.4) is 0 Å². The van der Waals surface area contributed by atoms with Gasteiger partial charge in [0.05, 0.1) is 10.6 Å². The van der Waals surface area contributed by atoms with Gasteiger partial charge in [-0.05, 0) is 36.1 Å². The maximum Gasteiger partial charge on any atom is 0.281 e. The van der Waals surface area contributed by atoms with Crippen molar-refractivity contribution in [1.29, 1.82) is 0 Å². The monoisotopic (exact) mass is 259 g/mol. The van der Waals surface area contributed by atoms with Crippen molar-refractivity contribution in [3.63, 3.8) is 0 Å². The van der Waals surface area contributed by atoms with Crippen LogP contribution >= 0.6 is 11.3 Å². The number of nitrogens with two attached hydrogens (primary N) is 1. The van der Waals surface area contributed by atoms with E-state index in [2.05, 4.69) is 10.5 Å². The molecule has 1 heterocycles. The molecule has 0 aliphatic carbocycles. The summed E-state index contributed by atoms with van der Waals surface area (Å²) in [6.07, 6.45) is 0. The third-order valence-electron chi connectivity index (χ3n) is 2.40. The van der Waals surface area contributed by atoms with Gasteiger partial charge in [-0.1, -0.05) is 18.2 Å². The van der Waals surface area contributed by atoms with Gasteiger partial charge in [0, 0.05) is 5.69 Å². The Balaban J connectivity index is 2.05. The van der Waals surface area contributed by atoms with Gasteiger partial charge in [0.1, 0.15) is 0 Å². The first kappa shape index (κ1) is 12.3. The molecular formula is C13H13N3OS. The molecule has 92 valence electrons. The third kappa shape index (κ3) is 2.95. The lowest BCUT2D eigenvalue weighted by atomic mass is 10.1. The van der Waals surface area contributed by atoms with Crippen LogP contribution in [0, 0.1) is 0 Å². The van der Waals surface area contributed by atoms with Crippen LogP contribution in [0.4, 0.5) is 5.69 Å². The van der Waals surface area contributed by atoms with Gasteiger partial charge in [0.2, 0.25) is 0 Å². The second kappa shape index (κ2) is 5.46. The number of nitrogen functional groups attached to an aromatic ring is 1. The average Bonchev–Trinajstić information content (AvgIpc) is 2.90. The van der Waals surface area contributed by atoms with E-state index in [1.54, 1.807) is 18.2 Å². The van der Waals surface area contributed by atoms with Crippen molar-refractivity contribution >= 4 is 28.6 Å².